The lowest BCUT2D eigenvalue weighted by atomic mass is 10.2. The minimum Gasteiger partial charge on any atom is -0.463 e. The van der Waals surface area contributed by atoms with Crippen molar-refractivity contribution in [1.82, 2.24) is 19.4 Å². The molecule has 2 aromatic rings. The van der Waals surface area contributed by atoms with Crippen LogP contribution in [-0.2, 0) is 10.0 Å². The Kier molecular flexibility index (Phi) is 3.75. The predicted molar refractivity (Wildman–Crippen MR) is 78.6 cm³/mol. The number of amides is 1. The Morgan fingerprint density at radius 3 is 2.64 bits per heavy atom. The number of hydrogen-bond acceptors (Lipinski definition) is 5. The van der Waals surface area contributed by atoms with Crippen LogP contribution in [0.4, 0.5) is 0 Å². The lowest BCUT2D eigenvalue weighted by Crippen LogP contribution is -2.50. The number of hydrogen-bond donors (Lipinski definition) is 1. The van der Waals surface area contributed by atoms with E-state index >= 15 is 0 Å². The molecule has 0 spiro atoms. The molecule has 1 N–H and O–H groups in total. The molecule has 8 nitrogen and oxygen atoms in total. The highest BCUT2D eigenvalue weighted by Gasteiger charge is 2.27. The Hall–Kier alpha value is -2.13. The number of furan rings is 1. The Morgan fingerprint density at radius 1 is 1.32 bits per heavy atom. The second-order valence-electron chi connectivity index (χ2n) is 5.10. The zero-order valence-corrected chi connectivity index (χ0v) is 12.8. The third-order valence-electron chi connectivity index (χ3n) is 3.58. The van der Waals surface area contributed by atoms with E-state index in [4.69, 9.17) is 4.42 Å². The molecule has 1 amide bonds. The summed E-state index contributed by atoms with van der Waals surface area (Å²) in [5.41, 5.74) is 0.919. The molecule has 1 aliphatic rings. The van der Waals surface area contributed by atoms with Crippen molar-refractivity contribution in [3.8, 4) is 11.5 Å². The molecule has 0 bridgehead atoms. The van der Waals surface area contributed by atoms with Gasteiger partial charge in [-0.25, -0.2) is 8.42 Å². The quantitative estimate of drug-likeness (QED) is 0.880. The molecule has 3 rings (SSSR count). The molecule has 118 valence electrons. The SMILES string of the molecule is CS(=O)(=O)N1CCN(C(=O)c2cc(-c3ccco3)[nH]n2)CC1. The molecule has 1 aliphatic heterocycles. The van der Waals surface area contributed by atoms with Gasteiger partial charge in [-0.15, -0.1) is 0 Å². The van der Waals surface area contributed by atoms with Crippen LogP contribution in [0.5, 0.6) is 0 Å². The van der Waals surface area contributed by atoms with Crippen LogP contribution < -0.4 is 0 Å². The summed E-state index contributed by atoms with van der Waals surface area (Å²) >= 11 is 0. The summed E-state index contributed by atoms with van der Waals surface area (Å²) in [6.45, 7) is 1.32. The van der Waals surface area contributed by atoms with E-state index in [1.54, 1.807) is 29.4 Å². The minimum atomic E-state index is -3.20. The zero-order chi connectivity index (χ0) is 15.7. The van der Waals surface area contributed by atoms with Gasteiger partial charge in [0.05, 0.1) is 12.5 Å². The Labute approximate surface area is 127 Å². The summed E-state index contributed by atoms with van der Waals surface area (Å²) in [4.78, 5) is 14.0. The van der Waals surface area contributed by atoms with Gasteiger partial charge in [-0.05, 0) is 12.1 Å². The first-order chi connectivity index (χ1) is 10.4. The van der Waals surface area contributed by atoms with Gasteiger partial charge in [0.25, 0.3) is 5.91 Å². The topological polar surface area (TPSA) is 99.5 Å². The molecule has 0 radical (unpaired) electrons. The average Bonchev–Trinajstić information content (AvgIpc) is 3.16. The molecule has 22 heavy (non-hydrogen) atoms. The highest BCUT2D eigenvalue weighted by atomic mass is 32.2. The maximum Gasteiger partial charge on any atom is 0.274 e. The van der Waals surface area contributed by atoms with Crippen LogP contribution in [-0.4, -0.2) is 66.2 Å². The number of rotatable bonds is 3. The molecule has 2 aromatic heterocycles. The molecular weight excluding hydrogens is 308 g/mol. The summed E-state index contributed by atoms with van der Waals surface area (Å²) < 4.78 is 29.5. The van der Waals surface area contributed by atoms with E-state index in [1.807, 2.05) is 0 Å². The second-order valence-corrected chi connectivity index (χ2v) is 7.08. The maximum atomic E-state index is 12.4. The summed E-state index contributed by atoms with van der Waals surface area (Å²) in [6, 6.07) is 5.15. The second kappa shape index (κ2) is 5.58. The van der Waals surface area contributed by atoms with E-state index in [-0.39, 0.29) is 5.91 Å². The van der Waals surface area contributed by atoms with Crippen molar-refractivity contribution in [2.45, 2.75) is 0 Å². The van der Waals surface area contributed by atoms with Gasteiger partial charge in [-0.1, -0.05) is 0 Å². The van der Waals surface area contributed by atoms with Crippen molar-refractivity contribution >= 4 is 15.9 Å². The number of aromatic amines is 1. The summed E-state index contributed by atoms with van der Waals surface area (Å²) in [5, 5.41) is 6.77. The maximum absolute atomic E-state index is 12.4. The van der Waals surface area contributed by atoms with Gasteiger partial charge in [-0.2, -0.15) is 9.40 Å². The number of H-pyrrole nitrogens is 1. The van der Waals surface area contributed by atoms with Gasteiger partial charge in [-0.3, -0.25) is 9.89 Å². The smallest absolute Gasteiger partial charge is 0.274 e. The van der Waals surface area contributed by atoms with Crippen LogP contribution in [0.1, 0.15) is 10.5 Å². The Bertz CT molecular complexity index is 758. The Balaban J connectivity index is 1.68. The number of sulfonamides is 1. The van der Waals surface area contributed by atoms with E-state index in [1.165, 1.54) is 10.6 Å². The van der Waals surface area contributed by atoms with Crippen molar-refractivity contribution in [2.24, 2.45) is 0 Å². The number of nitrogens with one attached hydrogen (secondary N) is 1. The molecule has 1 fully saturated rings. The first-order valence-electron chi connectivity index (χ1n) is 6.79. The van der Waals surface area contributed by atoms with Gasteiger partial charge < -0.3 is 9.32 Å². The van der Waals surface area contributed by atoms with Gasteiger partial charge >= 0.3 is 0 Å². The lowest BCUT2D eigenvalue weighted by Gasteiger charge is -2.32. The standard InChI is InChI=1S/C13H16N4O4S/c1-22(19,20)17-6-4-16(5-7-17)13(18)11-9-10(14-15-11)12-3-2-8-21-12/h2-3,8-9H,4-7H2,1H3,(H,14,15). The molecule has 0 aromatic carbocycles. The van der Waals surface area contributed by atoms with Gasteiger partial charge in [0.1, 0.15) is 5.69 Å². The normalized spacial score (nSPS) is 16.9. The number of nitrogens with zero attached hydrogens (tertiary/aromatic N) is 3. The first kappa shape index (κ1) is 14.8. The van der Waals surface area contributed by atoms with Crippen LogP contribution in [0.2, 0.25) is 0 Å². The monoisotopic (exact) mass is 324 g/mol. The van der Waals surface area contributed by atoms with Crippen molar-refractivity contribution in [3.05, 3.63) is 30.2 Å². The fraction of sp³-hybridized carbons (Fsp3) is 0.385. The number of aromatic nitrogens is 2. The van der Waals surface area contributed by atoms with Crippen LogP contribution in [0.3, 0.4) is 0 Å². The highest BCUT2D eigenvalue weighted by molar-refractivity contribution is 7.88. The fourth-order valence-electron chi connectivity index (χ4n) is 2.37. The summed E-state index contributed by atoms with van der Waals surface area (Å²) in [7, 11) is -3.20. The van der Waals surface area contributed by atoms with Crippen LogP contribution in [0.25, 0.3) is 11.5 Å². The average molecular weight is 324 g/mol. The molecule has 3 heterocycles. The zero-order valence-electron chi connectivity index (χ0n) is 12.0. The van der Waals surface area contributed by atoms with Crippen molar-refractivity contribution in [3.63, 3.8) is 0 Å². The van der Waals surface area contributed by atoms with Crippen molar-refractivity contribution < 1.29 is 17.6 Å². The molecule has 0 saturated carbocycles. The van der Waals surface area contributed by atoms with Crippen molar-refractivity contribution in [2.75, 3.05) is 32.4 Å². The molecule has 0 atom stereocenters. The lowest BCUT2D eigenvalue weighted by molar-refractivity contribution is 0.0692. The minimum absolute atomic E-state index is 0.220. The first-order valence-corrected chi connectivity index (χ1v) is 8.63. The Morgan fingerprint density at radius 2 is 2.05 bits per heavy atom. The van der Waals surface area contributed by atoms with Crippen LogP contribution >= 0.6 is 0 Å². The summed E-state index contributed by atoms with van der Waals surface area (Å²) in [6.07, 6.45) is 2.72. The molecular formula is C13H16N4O4S. The number of carbonyl (C=O) groups is 1. The third kappa shape index (κ3) is 2.90. The van der Waals surface area contributed by atoms with Gasteiger partial charge in [0, 0.05) is 32.2 Å². The largest absolute Gasteiger partial charge is 0.463 e. The summed E-state index contributed by atoms with van der Waals surface area (Å²) in [5.74, 6) is 0.385. The van der Waals surface area contributed by atoms with E-state index in [9.17, 15) is 13.2 Å². The van der Waals surface area contributed by atoms with Crippen LogP contribution in [0.15, 0.2) is 28.9 Å². The molecule has 0 unspecified atom stereocenters. The molecule has 9 heteroatoms. The van der Waals surface area contributed by atoms with E-state index in [2.05, 4.69) is 10.2 Å². The fourth-order valence-corrected chi connectivity index (χ4v) is 3.20. The van der Waals surface area contributed by atoms with Crippen LogP contribution in [0, 0.1) is 0 Å². The third-order valence-corrected chi connectivity index (χ3v) is 4.88. The number of carbonyl (C=O) groups excluding carboxylic acids is 1. The molecule has 1 saturated heterocycles. The predicted octanol–water partition coefficient (Wildman–Crippen LogP) is 0.387. The van der Waals surface area contributed by atoms with Crippen molar-refractivity contribution in [1.29, 1.82) is 0 Å². The van der Waals surface area contributed by atoms with E-state index in [0.29, 0.717) is 43.3 Å². The van der Waals surface area contributed by atoms with Gasteiger partial charge in [0.2, 0.25) is 10.0 Å². The highest BCUT2D eigenvalue weighted by Crippen LogP contribution is 2.19. The van der Waals surface area contributed by atoms with E-state index in [0.717, 1.165) is 0 Å². The van der Waals surface area contributed by atoms with Gasteiger partial charge in [0.15, 0.2) is 11.5 Å². The molecule has 0 aliphatic carbocycles. The number of piperazine rings is 1. The van der Waals surface area contributed by atoms with E-state index < -0.39 is 10.0 Å².